The summed E-state index contributed by atoms with van der Waals surface area (Å²) in [6.07, 6.45) is 1.88. The summed E-state index contributed by atoms with van der Waals surface area (Å²) in [4.78, 5) is 17.6. The zero-order valence-corrected chi connectivity index (χ0v) is 22.2. The molecule has 3 aromatic heterocycles. The Morgan fingerprint density at radius 1 is 1.08 bits per heavy atom. The number of hydrogen-bond donors (Lipinski definition) is 0. The molecule has 1 aromatic carbocycles. The zero-order chi connectivity index (χ0) is 25.3. The van der Waals surface area contributed by atoms with Gasteiger partial charge in [0.25, 0.3) is 0 Å². The van der Waals surface area contributed by atoms with Crippen molar-refractivity contribution in [3.8, 4) is 11.3 Å². The van der Waals surface area contributed by atoms with Gasteiger partial charge in [-0.3, -0.25) is 0 Å². The molecular weight excluding hydrogens is 498 g/mol. The van der Waals surface area contributed by atoms with Crippen molar-refractivity contribution in [3.05, 3.63) is 48.1 Å². The van der Waals surface area contributed by atoms with Gasteiger partial charge in [0.05, 0.1) is 22.9 Å². The van der Waals surface area contributed by atoms with E-state index in [1.54, 1.807) is 35.6 Å². The number of ether oxygens (including phenoxy) is 1. The van der Waals surface area contributed by atoms with E-state index in [1.165, 1.54) is 7.11 Å². The predicted molar refractivity (Wildman–Crippen MR) is 139 cm³/mol. The molecule has 1 aliphatic rings. The number of pyridine rings is 1. The van der Waals surface area contributed by atoms with E-state index >= 15 is 0 Å². The molecule has 0 unspecified atom stereocenters. The average molecular weight is 528 g/mol. The van der Waals surface area contributed by atoms with Gasteiger partial charge in [-0.2, -0.15) is 4.98 Å². The van der Waals surface area contributed by atoms with Crippen LogP contribution in [0.5, 0.6) is 0 Å². The number of anilines is 1. The van der Waals surface area contributed by atoms with Crippen LogP contribution in [-0.4, -0.2) is 61.1 Å². The lowest BCUT2D eigenvalue weighted by Gasteiger charge is -2.29. The molecule has 0 amide bonds. The first-order valence-corrected chi connectivity index (χ1v) is 14.5. The maximum absolute atomic E-state index is 12.4. The molecule has 36 heavy (non-hydrogen) atoms. The van der Waals surface area contributed by atoms with E-state index in [4.69, 9.17) is 19.2 Å². The van der Waals surface area contributed by atoms with Crippen LogP contribution < -0.4 is 4.90 Å². The van der Waals surface area contributed by atoms with Gasteiger partial charge < -0.3 is 14.2 Å². The standard InChI is InChI=1S/C25H29N5O4S2/c1-16(2)22-28-23(34-29-22)18-10-12-30(13-11-18)25-27-21-9-8-20(26-24(21)35-25)17-4-6-19(7-5-17)36(31,32)15-14-33-3/h4-9,16,18H,10-15H2,1-3H3. The van der Waals surface area contributed by atoms with Gasteiger partial charge in [0.1, 0.15) is 10.3 Å². The van der Waals surface area contributed by atoms with Crippen LogP contribution in [0, 0.1) is 0 Å². The fourth-order valence-electron chi connectivity index (χ4n) is 4.21. The molecule has 4 heterocycles. The molecule has 5 rings (SSSR count). The lowest BCUT2D eigenvalue weighted by Crippen LogP contribution is -2.32. The fraction of sp³-hybridized carbons (Fsp3) is 0.440. The number of hydrogen-bond acceptors (Lipinski definition) is 10. The van der Waals surface area contributed by atoms with Crippen molar-refractivity contribution in [2.24, 2.45) is 0 Å². The predicted octanol–water partition coefficient (Wildman–Crippen LogP) is 4.67. The molecule has 1 aliphatic heterocycles. The van der Waals surface area contributed by atoms with E-state index in [1.807, 2.05) is 12.1 Å². The van der Waals surface area contributed by atoms with E-state index in [9.17, 15) is 8.42 Å². The van der Waals surface area contributed by atoms with E-state index in [2.05, 4.69) is 28.9 Å². The number of aromatic nitrogens is 4. The maximum atomic E-state index is 12.4. The molecule has 0 bridgehead atoms. The number of methoxy groups -OCH3 is 1. The molecule has 190 valence electrons. The van der Waals surface area contributed by atoms with Gasteiger partial charge in [-0.15, -0.1) is 0 Å². The minimum atomic E-state index is -3.36. The number of sulfone groups is 1. The Hall–Kier alpha value is -2.89. The highest BCUT2D eigenvalue weighted by Gasteiger charge is 2.27. The maximum Gasteiger partial charge on any atom is 0.229 e. The summed E-state index contributed by atoms with van der Waals surface area (Å²) in [5.41, 5.74) is 2.51. The minimum absolute atomic E-state index is 0.0398. The number of fused-ring (bicyclic) bond motifs is 1. The van der Waals surface area contributed by atoms with Crippen molar-refractivity contribution in [3.63, 3.8) is 0 Å². The highest BCUT2D eigenvalue weighted by atomic mass is 32.2. The van der Waals surface area contributed by atoms with Gasteiger partial charge in [0.2, 0.25) is 5.89 Å². The largest absolute Gasteiger partial charge is 0.384 e. The second-order valence-electron chi connectivity index (χ2n) is 9.26. The van der Waals surface area contributed by atoms with Crippen LogP contribution in [0.15, 0.2) is 45.8 Å². The number of benzene rings is 1. The molecule has 0 N–H and O–H groups in total. The topological polar surface area (TPSA) is 111 Å². The first-order valence-electron chi connectivity index (χ1n) is 12.0. The van der Waals surface area contributed by atoms with Gasteiger partial charge in [0.15, 0.2) is 20.8 Å². The van der Waals surface area contributed by atoms with E-state index in [0.29, 0.717) is 0 Å². The quantitative estimate of drug-likeness (QED) is 0.323. The molecule has 0 radical (unpaired) electrons. The van der Waals surface area contributed by atoms with E-state index in [-0.39, 0.29) is 29.1 Å². The van der Waals surface area contributed by atoms with Gasteiger partial charge in [-0.25, -0.2) is 18.4 Å². The van der Waals surface area contributed by atoms with Crippen molar-refractivity contribution in [2.75, 3.05) is 37.5 Å². The van der Waals surface area contributed by atoms with Crippen LogP contribution in [-0.2, 0) is 14.6 Å². The third kappa shape index (κ3) is 5.14. The number of thiazole rings is 1. The Morgan fingerprint density at radius 2 is 1.83 bits per heavy atom. The van der Waals surface area contributed by atoms with Crippen LogP contribution in [0.25, 0.3) is 21.6 Å². The molecule has 0 atom stereocenters. The van der Waals surface area contributed by atoms with Crippen molar-refractivity contribution < 1.29 is 17.7 Å². The van der Waals surface area contributed by atoms with Crippen molar-refractivity contribution in [2.45, 2.75) is 43.4 Å². The van der Waals surface area contributed by atoms with Gasteiger partial charge in [0, 0.05) is 37.6 Å². The third-order valence-corrected chi connectivity index (χ3v) is 9.12. The van der Waals surface area contributed by atoms with Crippen LogP contribution >= 0.6 is 11.3 Å². The highest BCUT2D eigenvalue weighted by Crippen LogP contribution is 2.34. The van der Waals surface area contributed by atoms with Gasteiger partial charge in [-0.05, 0) is 37.1 Å². The summed E-state index contributed by atoms with van der Waals surface area (Å²) in [6.45, 7) is 6.04. The van der Waals surface area contributed by atoms with E-state index in [0.717, 1.165) is 64.4 Å². The van der Waals surface area contributed by atoms with Gasteiger partial charge in [-0.1, -0.05) is 42.5 Å². The second kappa shape index (κ2) is 10.2. The lowest BCUT2D eigenvalue weighted by atomic mass is 9.97. The number of nitrogens with zero attached hydrogens (tertiary/aromatic N) is 5. The molecule has 0 aliphatic carbocycles. The number of piperidine rings is 1. The molecule has 1 saturated heterocycles. The number of rotatable bonds is 8. The monoisotopic (exact) mass is 527 g/mol. The van der Waals surface area contributed by atoms with Crippen LogP contribution in [0.2, 0.25) is 0 Å². The molecule has 0 spiro atoms. The van der Waals surface area contributed by atoms with Crippen LogP contribution in [0.4, 0.5) is 5.13 Å². The third-order valence-electron chi connectivity index (χ3n) is 6.40. The molecule has 1 fully saturated rings. The van der Waals surface area contributed by atoms with Gasteiger partial charge >= 0.3 is 0 Å². The van der Waals surface area contributed by atoms with Crippen molar-refractivity contribution in [1.82, 2.24) is 20.1 Å². The first kappa shape index (κ1) is 24.8. The Balaban J connectivity index is 1.28. The zero-order valence-electron chi connectivity index (χ0n) is 20.5. The molecule has 11 heteroatoms. The minimum Gasteiger partial charge on any atom is -0.384 e. The van der Waals surface area contributed by atoms with Crippen LogP contribution in [0.1, 0.15) is 50.2 Å². The van der Waals surface area contributed by atoms with E-state index < -0.39 is 9.84 Å². The Morgan fingerprint density at radius 3 is 2.50 bits per heavy atom. The summed E-state index contributed by atoms with van der Waals surface area (Å²) < 4.78 is 35.2. The Bertz CT molecular complexity index is 1440. The fourth-order valence-corrected chi connectivity index (χ4v) is 6.37. The highest BCUT2D eigenvalue weighted by molar-refractivity contribution is 7.91. The Labute approximate surface area is 214 Å². The molecular formula is C25H29N5O4S2. The Kier molecular flexibility index (Phi) is 7.05. The normalized spacial score (nSPS) is 15.3. The van der Waals surface area contributed by atoms with Crippen molar-refractivity contribution in [1.29, 1.82) is 0 Å². The van der Waals surface area contributed by atoms with Crippen LogP contribution in [0.3, 0.4) is 0 Å². The smallest absolute Gasteiger partial charge is 0.229 e. The summed E-state index contributed by atoms with van der Waals surface area (Å²) >= 11 is 1.58. The summed E-state index contributed by atoms with van der Waals surface area (Å²) in [6, 6.07) is 10.7. The summed E-state index contributed by atoms with van der Waals surface area (Å²) in [7, 11) is -1.87. The molecule has 4 aromatic rings. The summed E-state index contributed by atoms with van der Waals surface area (Å²) in [5.74, 6) is 2.01. The lowest BCUT2D eigenvalue weighted by molar-refractivity contribution is 0.217. The molecule has 9 nitrogen and oxygen atoms in total. The summed E-state index contributed by atoms with van der Waals surface area (Å²) in [5, 5.41) is 5.06. The first-order chi connectivity index (χ1) is 17.3. The second-order valence-corrected chi connectivity index (χ2v) is 12.3. The SMILES string of the molecule is COCCS(=O)(=O)c1ccc(-c2ccc3nc(N4CCC(c5nc(C(C)C)no5)CC4)sc3n2)cc1. The van der Waals surface area contributed by atoms with Crippen molar-refractivity contribution >= 4 is 36.7 Å². The molecule has 0 saturated carbocycles. The average Bonchev–Trinajstić information content (AvgIpc) is 3.55.